The fourth-order valence-corrected chi connectivity index (χ4v) is 16.6. The maximum atomic E-state index is 13.7. The maximum Gasteiger partial charge on any atom is 0.334 e. The standard InChI is InChI=1S/C58H78N2O11/c1-31(2)56-29-44(56)51-58(71-51)55(7)25-23-39-40(30-67-52(39)66)43(55)28-47-57(58,70-47)53(56)69-50(65)22-21-48(63)60-59-33(4)10-8-12-49(64)68-46(36-15-16-36)20-13-32(3)41-18-19-42-35(11-9-24-54(41,42)6)14-17-37-26-38(61)27-45(62)34(37)5/h13-14,17,20,31-32,36,38,41-47,51,53,61-62H,5,8-12,15-16,18-19,21-30H2,1-4,6-7H3,(H,60,63)/b20-13+,35-14+,37-17-,59-33+/t32-,38+,41?,42?,43-,44-,45-,46+,47-,51-,53+,54+,55-,56+,57+,58+/m1/s1. The highest BCUT2D eigenvalue weighted by Gasteiger charge is 3.00. The van der Waals surface area contributed by atoms with Gasteiger partial charge in [-0.05, 0) is 166 Å². The summed E-state index contributed by atoms with van der Waals surface area (Å²) in [5.41, 5.74) is 6.75. The molecule has 0 bridgehead atoms. The SMILES string of the molecule is C=C1/C(=C\C=C2/CCC[C@]3(C)C2CCC3[C@H](C)/C=C/[C@H](OC(=O)CCC/C(C)=N/NC(=O)CCC(=O)O[C@H]2[C@]3(C(C)C)C[C@@H]3[C@H]3O[C@@]34[C@@]23O[C@@H]3C[C@@H]2C3=C(CC[C@]24C)C(=O)OC3)C2CC2)C[C@H](O)C[C@H]1O. The van der Waals surface area contributed by atoms with Crippen LogP contribution < -0.4 is 5.43 Å². The Morgan fingerprint density at radius 1 is 0.944 bits per heavy atom. The number of aliphatic hydroxyl groups is 2. The zero-order valence-corrected chi connectivity index (χ0v) is 43.0. The van der Waals surface area contributed by atoms with Crippen molar-refractivity contribution in [2.75, 3.05) is 6.61 Å². The minimum Gasteiger partial charge on any atom is -0.458 e. The van der Waals surface area contributed by atoms with Gasteiger partial charge in [0.1, 0.15) is 24.4 Å². The average Bonchev–Trinajstić information content (AvgIpc) is 4.17. The van der Waals surface area contributed by atoms with Crippen LogP contribution in [-0.2, 0) is 42.9 Å². The molecule has 0 aromatic rings. The number of epoxide rings is 2. The molecule has 0 aromatic heterocycles. The molecule has 9 fully saturated rings. The first-order valence-electron chi connectivity index (χ1n) is 27.5. The number of aliphatic hydroxyl groups excluding tert-OH is 2. The van der Waals surface area contributed by atoms with E-state index in [-0.39, 0.29) is 89.4 Å². The molecule has 2 saturated heterocycles. The second-order valence-electron chi connectivity index (χ2n) is 24.8. The summed E-state index contributed by atoms with van der Waals surface area (Å²) in [5.74, 6) is 1.14. The van der Waals surface area contributed by atoms with Crippen molar-refractivity contribution >= 4 is 29.5 Å². The van der Waals surface area contributed by atoms with E-state index in [0.717, 1.165) is 80.1 Å². The maximum absolute atomic E-state index is 13.7. The van der Waals surface area contributed by atoms with Crippen LogP contribution in [0.3, 0.4) is 0 Å². The van der Waals surface area contributed by atoms with Crippen LogP contribution in [-0.4, -0.2) is 94.2 Å². The molecule has 7 saturated carbocycles. The van der Waals surface area contributed by atoms with Crippen molar-refractivity contribution in [1.29, 1.82) is 0 Å². The first kappa shape index (κ1) is 49.3. The molecule has 0 radical (unpaired) electrons. The summed E-state index contributed by atoms with van der Waals surface area (Å²) in [6.07, 6.45) is 19.8. The summed E-state index contributed by atoms with van der Waals surface area (Å²) in [6.45, 7) is 17.8. The van der Waals surface area contributed by atoms with Crippen molar-refractivity contribution in [2.24, 2.45) is 62.8 Å². The van der Waals surface area contributed by atoms with Crippen LogP contribution in [0.1, 0.15) is 157 Å². The van der Waals surface area contributed by atoms with E-state index in [9.17, 15) is 29.4 Å². The summed E-state index contributed by atoms with van der Waals surface area (Å²) >= 11 is 0. The number of hydrazone groups is 1. The van der Waals surface area contributed by atoms with Crippen LogP contribution in [0.5, 0.6) is 0 Å². The van der Waals surface area contributed by atoms with Gasteiger partial charge in [-0.2, -0.15) is 5.10 Å². The lowest BCUT2D eigenvalue weighted by molar-refractivity contribution is -0.172. The first-order chi connectivity index (χ1) is 33.9. The van der Waals surface area contributed by atoms with Crippen LogP contribution in [0.25, 0.3) is 0 Å². The molecule has 3 N–H and O–H groups in total. The molecule has 3 aliphatic heterocycles. The minimum atomic E-state index is -0.733. The Morgan fingerprint density at radius 2 is 1.75 bits per heavy atom. The van der Waals surface area contributed by atoms with Gasteiger partial charge in [0.2, 0.25) is 5.91 Å². The zero-order chi connectivity index (χ0) is 50.0. The summed E-state index contributed by atoms with van der Waals surface area (Å²) in [4.78, 5) is 52.5. The van der Waals surface area contributed by atoms with Gasteiger partial charge in [0.15, 0.2) is 5.60 Å². The third kappa shape index (κ3) is 7.92. The number of amides is 1. The fourth-order valence-electron chi connectivity index (χ4n) is 16.6. The lowest BCUT2D eigenvalue weighted by Crippen LogP contribution is -2.67. The van der Waals surface area contributed by atoms with Gasteiger partial charge in [-0.15, -0.1) is 0 Å². The van der Waals surface area contributed by atoms with Gasteiger partial charge in [0.05, 0.1) is 30.8 Å². The normalized spacial score (nSPS) is 43.6. The zero-order valence-electron chi connectivity index (χ0n) is 43.0. The first-order valence-corrected chi connectivity index (χ1v) is 27.5. The van der Waals surface area contributed by atoms with Gasteiger partial charge in [0, 0.05) is 41.4 Å². The number of rotatable bonds is 16. The number of allylic oxidation sites excluding steroid dienone is 4. The molecule has 2 spiro atoms. The number of fused-ring (bicyclic) bond motifs is 5. The van der Waals surface area contributed by atoms with E-state index in [0.29, 0.717) is 68.1 Å². The van der Waals surface area contributed by atoms with Gasteiger partial charge >= 0.3 is 17.9 Å². The van der Waals surface area contributed by atoms with Gasteiger partial charge < -0.3 is 33.9 Å². The highest BCUT2D eigenvalue weighted by atomic mass is 16.7. The van der Waals surface area contributed by atoms with Crippen LogP contribution >= 0.6 is 0 Å². The highest BCUT2D eigenvalue weighted by Crippen LogP contribution is 2.87. The molecule has 11 rings (SSSR count). The topological polar surface area (TPSA) is 186 Å². The molecule has 13 nitrogen and oxygen atoms in total. The molecule has 1 amide bonds. The highest BCUT2D eigenvalue weighted by molar-refractivity contribution is 5.92. The third-order valence-electron chi connectivity index (χ3n) is 20.8. The number of carbonyl (C=O) groups is 4. The molecule has 2 unspecified atom stereocenters. The second kappa shape index (κ2) is 17.9. The van der Waals surface area contributed by atoms with E-state index in [4.69, 9.17) is 23.7 Å². The Kier molecular flexibility index (Phi) is 12.4. The number of hydrogen-bond acceptors (Lipinski definition) is 12. The Bertz CT molecular complexity index is 2410. The van der Waals surface area contributed by atoms with E-state index in [2.05, 4.69) is 76.0 Å². The van der Waals surface area contributed by atoms with E-state index < -0.39 is 35.5 Å². The number of cyclic esters (lactones) is 1. The quantitative estimate of drug-likeness (QED) is 0.0336. The third-order valence-corrected chi connectivity index (χ3v) is 20.8. The predicted octanol–water partition coefficient (Wildman–Crippen LogP) is 8.62. The number of ether oxygens (including phenoxy) is 5. The monoisotopic (exact) mass is 979 g/mol. The number of nitrogens with zero attached hydrogens (tertiary/aromatic N) is 1. The van der Waals surface area contributed by atoms with E-state index in [1.807, 2.05) is 6.92 Å². The second-order valence-corrected chi connectivity index (χ2v) is 24.8. The van der Waals surface area contributed by atoms with E-state index in [1.54, 1.807) is 0 Å². The molecule has 13 heteroatoms. The molecule has 8 aliphatic carbocycles. The molecule has 11 aliphatic rings. The molecular formula is C58H78N2O11. The molecule has 16 atom stereocenters. The molecule has 3 heterocycles. The number of hydrogen-bond donors (Lipinski definition) is 3. The van der Waals surface area contributed by atoms with E-state index in [1.165, 1.54) is 12.0 Å². The van der Waals surface area contributed by atoms with Crippen molar-refractivity contribution in [1.82, 2.24) is 5.43 Å². The Labute approximate surface area is 419 Å². The van der Waals surface area contributed by atoms with Gasteiger partial charge in [-0.1, -0.05) is 65.0 Å². The van der Waals surface area contributed by atoms with Gasteiger partial charge in [-0.3, -0.25) is 14.4 Å². The smallest absolute Gasteiger partial charge is 0.334 e. The average molecular weight is 979 g/mol. The van der Waals surface area contributed by atoms with Crippen LogP contribution in [0.15, 0.2) is 63.8 Å². The molecular weight excluding hydrogens is 901 g/mol. The van der Waals surface area contributed by atoms with Crippen molar-refractivity contribution in [3.63, 3.8) is 0 Å². The van der Waals surface area contributed by atoms with Crippen molar-refractivity contribution < 1.29 is 53.1 Å². The summed E-state index contributed by atoms with van der Waals surface area (Å²) in [6, 6.07) is 0. The lowest BCUT2D eigenvalue weighted by Gasteiger charge is -2.54. The summed E-state index contributed by atoms with van der Waals surface area (Å²) in [7, 11) is 0. The van der Waals surface area contributed by atoms with Crippen LogP contribution in [0, 0.1) is 57.7 Å². The lowest BCUT2D eigenvalue weighted by atomic mass is 9.46. The van der Waals surface area contributed by atoms with Crippen molar-refractivity contribution in [2.45, 2.75) is 205 Å². The fraction of sp³-hybridized carbons (Fsp3) is 0.741. The minimum absolute atomic E-state index is 0.0364. The Morgan fingerprint density at radius 3 is 2.52 bits per heavy atom. The molecule has 0 aromatic carbocycles. The van der Waals surface area contributed by atoms with Crippen LogP contribution in [0.4, 0.5) is 0 Å². The number of nitrogens with one attached hydrogen (secondary N) is 1. The van der Waals surface area contributed by atoms with Crippen LogP contribution in [0.2, 0.25) is 0 Å². The Hall–Kier alpha value is -3.91. The van der Waals surface area contributed by atoms with Crippen molar-refractivity contribution in [3.8, 4) is 0 Å². The Balaban J connectivity index is 0.637. The molecule has 386 valence electrons. The van der Waals surface area contributed by atoms with Gasteiger partial charge in [-0.25, -0.2) is 10.2 Å². The van der Waals surface area contributed by atoms with Gasteiger partial charge in [0.25, 0.3) is 0 Å². The number of carbonyl (C=O) groups excluding carboxylic acids is 4. The number of esters is 3. The summed E-state index contributed by atoms with van der Waals surface area (Å²) < 4.78 is 31.8. The largest absolute Gasteiger partial charge is 0.458 e. The van der Waals surface area contributed by atoms with Crippen molar-refractivity contribution in [3.05, 3.63) is 58.7 Å². The predicted molar refractivity (Wildman–Crippen MR) is 264 cm³/mol. The van der Waals surface area contributed by atoms with E-state index >= 15 is 0 Å². The summed E-state index contributed by atoms with van der Waals surface area (Å²) in [5, 5.41) is 24.9. The molecule has 71 heavy (non-hydrogen) atoms.